The maximum absolute atomic E-state index is 12.7. The smallest absolute Gasteiger partial charge is 0.256 e. The Hall–Kier alpha value is -1.94. The predicted octanol–water partition coefficient (Wildman–Crippen LogP) is 3.21. The Morgan fingerprint density at radius 3 is 2.67 bits per heavy atom. The van der Waals surface area contributed by atoms with E-state index in [0.717, 1.165) is 5.56 Å². The van der Waals surface area contributed by atoms with Gasteiger partial charge in [-0.2, -0.15) is 0 Å². The first kappa shape index (κ1) is 12.5. The van der Waals surface area contributed by atoms with Gasteiger partial charge in [0.15, 0.2) is 0 Å². The van der Waals surface area contributed by atoms with Gasteiger partial charge >= 0.3 is 0 Å². The molecule has 1 aromatic carbocycles. The Kier molecular flexibility index (Phi) is 3.89. The molecule has 3 nitrogen and oxygen atoms in total. The van der Waals surface area contributed by atoms with E-state index in [9.17, 15) is 9.18 Å². The van der Waals surface area contributed by atoms with Crippen molar-refractivity contribution in [3.63, 3.8) is 0 Å². The van der Waals surface area contributed by atoms with Gasteiger partial charge in [-0.3, -0.25) is 4.79 Å². The fourth-order valence-electron chi connectivity index (χ4n) is 1.49. The topological polar surface area (TPSA) is 42.0 Å². The van der Waals surface area contributed by atoms with Gasteiger partial charge in [0.2, 0.25) is 0 Å². The summed E-state index contributed by atoms with van der Waals surface area (Å²) in [5, 5.41) is 2.43. The molecule has 1 heterocycles. The van der Waals surface area contributed by atoms with E-state index in [4.69, 9.17) is 11.6 Å². The van der Waals surface area contributed by atoms with Gasteiger partial charge in [-0.05, 0) is 41.4 Å². The van der Waals surface area contributed by atoms with Crippen molar-refractivity contribution in [3.05, 3.63) is 59.5 Å². The van der Waals surface area contributed by atoms with Gasteiger partial charge in [-0.25, -0.2) is 9.37 Å². The van der Waals surface area contributed by atoms with E-state index in [1.807, 2.05) is 0 Å². The molecule has 0 aliphatic rings. The van der Waals surface area contributed by atoms with Crippen molar-refractivity contribution < 1.29 is 9.18 Å². The summed E-state index contributed by atoms with van der Waals surface area (Å²) in [4.78, 5) is 15.2. The first-order chi connectivity index (χ1) is 8.66. The summed E-state index contributed by atoms with van der Waals surface area (Å²) < 4.78 is 12.7. The van der Waals surface area contributed by atoms with Crippen molar-refractivity contribution in [2.24, 2.45) is 0 Å². The van der Waals surface area contributed by atoms with E-state index in [0.29, 0.717) is 17.9 Å². The van der Waals surface area contributed by atoms with E-state index in [-0.39, 0.29) is 5.82 Å². The number of pyridine rings is 1. The lowest BCUT2D eigenvalue weighted by Gasteiger charge is -2.08. The first-order valence-corrected chi connectivity index (χ1v) is 5.68. The molecule has 0 atom stereocenters. The van der Waals surface area contributed by atoms with Crippen molar-refractivity contribution in [1.29, 1.82) is 0 Å². The van der Waals surface area contributed by atoms with Crippen molar-refractivity contribution in [2.45, 2.75) is 6.54 Å². The Balaban J connectivity index is 2.10. The molecule has 0 saturated heterocycles. The second-order valence-electron chi connectivity index (χ2n) is 3.65. The maximum Gasteiger partial charge on any atom is 0.256 e. The minimum Gasteiger partial charge on any atom is -0.365 e. The molecule has 0 amide bonds. The fraction of sp³-hybridized carbons (Fsp3) is 0.0769. The van der Waals surface area contributed by atoms with E-state index in [1.54, 1.807) is 30.5 Å². The van der Waals surface area contributed by atoms with Crippen LogP contribution >= 0.6 is 11.6 Å². The molecule has 0 radical (unpaired) electrons. The van der Waals surface area contributed by atoms with Crippen LogP contribution < -0.4 is 5.32 Å². The van der Waals surface area contributed by atoms with Crippen LogP contribution in [-0.2, 0) is 6.54 Å². The summed E-state index contributed by atoms with van der Waals surface area (Å²) in [7, 11) is 0. The minimum absolute atomic E-state index is 0.284. The molecule has 2 aromatic rings. The third-order valence-corrected chi connectivity index (χ3v) is 2.60. The number of rotatable bonds is 4. The molecule has 0 aliphatic carbocycles. The second-order valence-corrected chi connectivity index (χ2v) is 4.00. The van der Waals surface area contributed by atoms with Crippen LogP contribution in [0.2, 0.25) is 0 Å². The summed E-state index contributed by atoms with van der Waals surface area (Å²) in [6.07, 6.45) is 1.57. The number of carbonyl (C=O) groups is 1. The largest absolute Gasteiger partial charge is 0.365 e. The standard InChI is InChI=1S/C13H10ClFN2O/c14-12(18)11-2-1-7-16-13(11)17-8-9-3-5-10(15)6-4-9/h1-7H,8H2,(H,16,17). The molecule has 0 aliphatic heterocycles. The van der Waals surface area contributed by atoms with Crippen LogP contribution in [0.3, 0.4) is 0 Å². The van der Waals surface area contributed by atoms with E-state index in [1.165, 1.54) is 12.1 Å². The maximum atomic E-state index is 12.7. The molecule has 0 spiro atoms. The lowest BCUT2D eigenvalue weighted by molar-refractivity contribution is 0.108. The van der Waals surface area contributed by atoms with Crippen LogP contribution in [-0.4, -0.2) is 10.2 Å². The zero-order valence-electron chi connectivity index (χ0n) is 9.36. The molecular weight excluding hydrogens is 255 g/mol. The molecule has 92 valence electrons. The Morgan fingerprint density at radius 1 is 1.28 bits per heavy atom. The highest BCUT2D eigenvalue weighted by molar-refractivity contribution is 6.68. The fourth-order valence-corrected chi connectivity index (χ4v) is 1.65. The molecule has 0 unspecified atom stereocenters. The van der Waals surface area contributed by atoms with Crippen LogP contribution in [0.1, 0.15) is 15.9 Å². The molecule has 18 heavy (non-hydrogen) atoms. The van der Waals surface area contributed by atoms with Gasteiger partial charge in [0.1, 0.15) is 11.6 Å². The number of anilines is 1. The molecule has 0 fully saturated rings. The molecular formula is C13H10ClFN2O. The quantitative estimate of drug-likeness (QED) is 0.862. The summed E-state index contributed by atoms with van der Waals surface area (Å²) in [5.41, 5.74) is 1.20. The lowest BCUT2D eigenvalue weighted by atomic mass is 10.2. The van der Waals surface area contributed by atoms with Gasteiger partial charge in [0, 0.05) is 12.7 Å². The lowest BCUT2D eigenvalue weighted by Crippen LogP contribution is -2.05. The zero-order chi connectivity index (χ0) is 13.0. The van der Waals surface area contributed by atoms with Crippen molar-refractivity contribution >= 4 is 22.7 Å². The van der Waals surface area contributed by atoms with E-state index in [2.05, 4.69) is 10.3 Å². The third-order valence-electron chi connectivity index (χ3n) is 2.39. The van der Waals surface area contributed by atoms with Gasteiger partial charge < -0.3 is 5.32 Å². The van der Waals surface area contributed by atoms with Crippen LogP contribution in [0.15, 0.2) is 42.6 Å². The Bertz CT molecular complexity index is 557. The van der Waals surface area contributed by atoms with E-state index < -0.39 is 5.24 Å². The Labute approximate surface area is 109 Å². The average Bonchev–Trinajstić information content (AvgIpc) is 2.38. The zero-order valence-corrected chi connectivity index (χ0v) is 10.1. The SMILES string of the molecule is O=C(Cl)c1cccnc1NCc1ccc(F)cc1. The highest BCUT2D eigenvalue weighted by Gasteiger charge is 2.08. The normalized spacial score (nSPS) is 10.1. The van der Waals surface area contributed by atoms with Crippen molar-refractivity contribution in [2.75, 3.05) is 5.32 Å². The number of nitrogens with zero attached hydrogens (tertiary/aromatic N) is 1. The number of hydrogen-bond donors (Lipinski definition) is 1. The number of hydrogen-bond acceptors (Lipinski definition) is 3. The van der Waals surface area contributed by atoms with Crippen LogP contribution in [0.4, 0.5) is 10.2 Å². The number of benzene rings is 1. The van der Waals surface area contributed by atoms with Crippen molar-refractivity contribution in [3.8, 4) is 0 Å². The molecule has 2 rings (SSSR count). The second kappa shape index (κ2) is 5.60. The highest BCUT2D eigenvalue weighted by Crippen LogP contribution is 2.15. The van der Waals surface area contributed by atoms with E-state index >= 15 is 0 Å². The van der Waals surface area contributed by atoms with Gasteiger partial charge in [-0.1, -0.05) is 12.1 Å². The summed E-state index contributed by atoms with van der Waals surface area (Å²) in [5.74, 6) is 0.134. The molecule has 1 N–H and O–H groups in total. The predicted molar refractivity (Wildman–Crippen MR) is 68.1 cm³/mol. The van der Waals surface area contributed by atoms with Crippen LogP contribution in [0, 0.1) is 5.82 Å². The van der Waals surface area contributed by atoms with Crippen molar-refractivity contribution in [1.82, 2.24) is 4.98 Å². The number of nitrogens with one attached hydrogen (secondary N) is 1. The Morgan fingerprint density at radius 2 is 2.00 bits per heavy atom. The van der Waals surface area contributed by atoms with Gasteiger partial charge in [0.05, 0.1) is 5.56 Å². The number of carbonyl (C=O) groups excluding carboxylic acids is 1. The summed E-state index contributed by atoms with van der Waals surface area (Å²) >= 11 is 5.44. The monoisotopic (exact) mass is 264 g/mol. The molecule has 0 saturated carbocycles. The third kappa shape index (κ3) is 3.05. The number of halogens is 2. The van der Waals surface area contributed by atoms with Gasteiger partial charge in [-0.15, -0.1) is 0 Å². The number of aromatic nitrogens is 1. The molecule has 1 aromatic heterocycles. The molecule has 0 bridgehead atoms. The molecule has 5 heteroatoms. The highest BCUT2D eigenvalue weighted by atomic mass is 35.5. The van der Waals surface area contributed by atoms with Crippen LogP contribution in [0.5, 0.6) is 0 Å². The van der Waals surface area contributed by atoms with Gasteiger partial charge in [0.25, 0.3) is 5.24 Å². The minimum atomic E-state index is -0.565. The summed E-state index contributed by atoms with van der Waals surface area (Å²) in [6.45, 7) is 0.439. The first-order valence-electron chi connectivity index (χ1n) is 5.30. The van der Waals surface area contributed by atoms with Crippen LogP contribution in [0.25, 0.3) is 0 Å². The average molecular weight is 265 g/mol. The summed E-state index contributed by atoms with van der Waals surface area (Å²) in [6, 6.07) is 9.31.